The van der Waals surface area contributed by atoms with E-state index in [1.54, 1.807) is 13.2 Å². The lowest BCUT2D eigenvalue weighted by atomic mass is 10.1. The van der Waals surface area contributed by atoms with Crippen molar-refractivity contribution in [1.29, 1.82) is 0 Å². The SMILES string of the molecule is COc1ccc(CCC(=O)N2CC[C@@H](C(F)(F)F)C2)cc1Br. The molecule has 1 aliphatic rings. The van der Waals surface area contributed by atoms with Gasteiger partial charge in [0, 0.05) is 19.5 Å². The Hall–Kier alpha value is -1.24. The van der Waals surface area contributed by atoms with Gasteiger partial charge in [-0.2, -0.15) is 13.2 Å². The van der Waals surface area contributed by atoms with Crippen molar-refractivity contribution < 1.29 is 22.7 Å². The van der Waals surface area contributed by atoms with E-state index in [4.69, 9.17) is 4.74 Å². The fourth-order valence-corrected chi connectivity index (χ4v) is 3.12. The van der Waals surface area contributed by atoms with Crippen LogP contribution in [-0.2, 0) is 11.2 Å². The number of benzene rings is 1. The summed E-state index contributed by atoms with van der Waals surface area (Å²) in [6.45, 7) is -0.0239. The summed E-state index contributed by atoms with van der Waals surface area (Å²) >= 11 is 3.36. The Morgan fingerprint density at radius 3 is 2.73 bits per heavy atom. The fourth-order valence-electron chi connectivity index (χ4n) is 2.53. The number of aryl methyl sites for hydroxylation is 1. The number of nitrogens with zero attached hydrogens (tertiary/aromatic N) is 1. The highest BCUT2D eigenvalue weighted by molar-refractivity contribution is 9.10. The highest BCUT2D eigenvalue weighted by atomic mass is 79.9. The summed E-state index contributed by atoms with van der Waals surface area (Å²) < 4.78 is 43.7. The molecule has 1 saturated heterocycles. The molecular weight excluding hydrogens is 363 g/mol. The molecular formula is C15H17BrF3NO2. The summed E-state index contributed by atoms with van der Waals surface area (Å²) in [6.07, 6.45) is -3.50. The molecule has 0 saturated carbocycles. The molecule has 0 aliphatic carbocycles. The quantitative estimate of drug-likeness (QED) is 0.796. The number of carbonyl (C=O) groups is 1. The smallest absolute Gasteiger partial charge is 0.393 e. The first kappa shape index (κ1) is 17.1. The van der Waals surface area contributed by atoms with E-state index >= 15 is 0 Å². The number of ether oxygens (including phenoxy) is 1. The van der Waals surface area contributed by atoms with Crippen LogP contribution in [0.15, 0.2) is 22.7 Å². The van der Waals surface area contributed by atoms with E-state index in [1.165, 1.54) is 4.90 Å². The molecule has 0 bridgehead atoms. The number of hydrogen-bond donors (Lipinski definition) is 0. The van der Waals surface area contributed by atoms with E-state index in [2.05, 4.69) is 15.9 Å². The van der Waals surface area contributed by atoms with Crippen molar-refractivity contribution in [3.05, 3.63) is 28.2 Å². The molecule has 1 aromatic carbocycles. The predicted molar refractivity (Wildman–Crippen MR) is 79.8 cm³/mol. The number of rotatable bonds is 4. The second-order valence-electron chi connectivity index (χ2n) is 5.34. The average Bonchev–Trinajstić information content (AvgIpc) is 2.95. The third kappa shape index (κ3) is 4.15. The van der Waals surface area contributed by atoms with Crippen LogP contribution in [0.3, 0.4) is 0 Å². The minimum Gasteiger partial charge on any atom is -0.496 e. The molecule has 1 aliphatic heterocycles. The van der Waals surface area contributed by atoms with E-state index < -0.39 is 12.1 Å². The number of alkyl halides is 3. The van der Waals surface area contributed by atoms with Gasteiger partial charge in [0.25, 0.3) is 0 Å². The second-order valence-corrected chi connectivity index (χ2v) is 6.19. The van der Waals surface area contributed by atoms with Crippen molar-refractivity contribution in [3.8, 4) is 5.75 Å². The Kier molecular flexibility index (Phi) is 5.36. The topological polar surface area (TPSA) is 29.5 Å². The molecule has 1 atom stereocenters. The molecule has 1 heterocycles. The van der Waals surface area contributed by atoms with Crippen LogP contribution in [0.2, 0.25) is 0 Å². The molecule has 1 amide bonds. The van der Waals surface area contributed by atoms with Gasteiger partial charge in [-0.25, -0.2) is 0 Å². The van der Waals surface area contributed by atoms with Crippen LogP contribution in [-0.4, -0.2) is 37.2 Å². The van der Waals surface area contributed by atoms with Crippen LogP contribution in [0.1, 0.15) is 18.4 Å². The van der Waals surface area contributed by atoms with Crippen molar-refractivity contribution in [2.75, 3.05) is 20.2 Å². The Balaban J connectivity index is 1.87. The molecule has 0 spiro atoms. The minimum absolute atomic E-state index is 0.00330. The third-order valence-electron chi connectivity index (χ3n) is 3.85. The molecule has 0 radical (unpaired) electrons. The van der Waals surface area contributed by atoms with E-state index in [9.17, 15) is 18.0 Å². The molecule has 2 rings (SSSR count). The minimum atomic E-state index is -4.21. The zero-order valence-corrected chi connectivity index (χ0v) is 13.7. The summed E-state index contributed by atoms with van der Waals surface area (Å²) in [4.78, 5) is 13.3. The van der Waals surface area contributed by atoms with Gasteiger partial charge in [-0.05, 0) is 46.5 Å². The van der Waals surface area contributed by atoms with Crippen molar-refractivity contribution >= 4 is 21.8 Å². The van der Waals surface area contributed by atoms with Gasteiger partial charge in [-0.15, -0.1) is 0 Å². The molecule has 3 nitrogen and oxygen atoms in total. The van der Waals surface area contributed by atoms with Gasteiger partial charge in [0.2, 0.25) is 5.91 Å². The molecule has 1 aromatic rings. The van der Waals surface area contributed by atoms with Crippen LogP contribution in [0.4, 0.5) is 13.2 Å². The number of methoxy groups -OCH3 is 1. The first-order valence-corrected chi connectivity index (χ1v) is 7.77. The van der Waals surface area contributed by atoms with Crippen LogP contribution < -0.4 is 4.74 Å². The maximum atomic E-state index is 12.6. The lowest BCUT2D eigenvalue weighted by molar-refractivity contribution is -0.171. The standard InChI is InChI=1S/C15H17BrF3NO2/c1-22-13-4-2-10(8-12(13)16)3-5-14(21)20-7-6-11(9-20)15(17,18)19/h2,4,8,11H,3,5-7,9H2,1H3/t11-/m1/s1. The molecule has 0 aromatic heterocycles. The monoisotopic (exact) mass is 379 g/mol. The molecule has 1 fully saturated rings. The van der Waals surface area contributed by atoms with E-state index in [-0.39, 0.29) is 31.8 Å². The van der Waals surface area contributed by atoms with Crippen LogP contribution in [0, 0.1) is 5.92 Å². The van der Waals surface area contributed by atoms with Crippen LogP contribution in [0.25, 0.3) is 0 Å². The van der Waals surface area contributed by atoms with Gasteiger partial charge >= 0.3 is 6.18 Å². The normalized spacial score (nSPS) is 18.6. The first-order valence-electron chi connectivity index (χ1n) is 6.98. The molecule has 22 heavy (non-hydrogen) atoms. The van der Waals surface area contributed by atoms with Gasteiger partial charge in [0.1, 0.15) is 5.75 Å². The van der Waals surface area contributed by atoms with E-state index in [0.717, 1.165) is 10.0 Å². The van der Waals surface area contributed by atoms with Gasteiger partial charge in [0.15, 0.2) is 0 Å². The van der Waals surface area contributed by atoms with Gasteiger partial charge in [-0.1, -0.05) is 6.07 Å². The highest BCUT2D eigenvalue weighted by Gasteiger charge is 2.44. The predicted octanol–water partition coefficient (Wildman–Crippen LogP) is 3.80. The van der Waals surface area contributed by atoms with E-state index in [0.29, 0.717) is 12.2 Å². The molecule has 7 heteroatoms. The Labute approximate surface area is 135 Å². The molecule has 0 unspecified atom stereocenters. The number of amides is 1. The highest BCUT2D eigenvalue weighted by Crippen LogP contribution is 2.33. The Bertz CT molecular complexity index is 548. The maximum absolute atomic E-state index is 12.6. The number of likely N-dealkylation sites (tertiary alicyclic amines) is 1. The number of carbonyl (C=O) groups excluding carboxylic acids is 1. The summed E-state index contributed by atoms with van der Waals surface area (Å²) in [5.41, 5.74) is 0.938. The zero-order valence-electron chi connectivity index (χ0n) is 12.1. The number of halogens is 4. The second kappa shape index (κ2) is 6.89. The average molecular weight is 380 g/mol. The Morgan fingerprint density at radius 1 is 1.45 bits per heavy atom. The maximum Gasteiger partial charge on any atom is 0.393 e. The van der Waals surface area contributed by atoms with Gasteiger partial charge in [0.05, 0.1) is 17.5 Å². The lowest BCUT2D eigenvalue weighted by Gasteiger charge is -2.18. The number of hydrogen-bond acceptors (Lipinski definition) is 2. The van der Waals surface area contributed by atoms with Gasteiger partial charge < -0.3 is 9.64 Å². The zero-order chi connectivity index (χ0) is 16.3. The van der Waals surface area contributed by atoms with Crippen molar-refractivity contribution in [2.45, 2.75) is 25.4 Å². The Morgan fingerprint density at radius 2 is 2.18 bits per heavy atom. The summed E-state index contributed by atoms with van der Waals surface area (Å²) in [6, 6.07) is 5.49. The van der Waals surface area contributed by atoms with Crippen molar-refractivity contribution in [1.82, 2.24) is 4.90 Å². The van der Waals surface area contributed by atoms with Crippen molar-refractivity contribution in [2.24, 2.45) is 5.92 Å². The van der Waals surface area contributed by atoms with Crippen LogP contribution >= 0.6 is 15.9 Å². The van der Waals surface area contributed by atoms with E-state index in [1.807, 2.05) is 12.1 Å². The lowest BCUT2D eigenvalue weighted by Crippen LogP contribution is -2.32. The fraction of sp³-hybridized carbons (Fsp3) is 0.533. The summed E-state index contributed by atoms with van der Waals surface area (Å²) in [7, 11) is 1.56. The summed E-state index contributed by atoms with van der Waals surface area (Å²) in [5, 5.41) is 0. The van der Waals surface area contributed by atoms with Gasteiger partial charge in [-0.3, -0.25) is 4.79 Å². The third-order valence-corrected chi connectivity index (χ3v) is 4.47. The summed E-state index contributed by atoms with van der Waals surface area (Å²) in [5.74, 6) is -0.909. The molecule has 0 N–H and O–H groups in total. The largest absolute Gasteiger partial charge is 0.496 e. The van der Waals surface area contributed by atoms with Crippen LogP contribution in [0.5, 0.6) is 5.75 Å². The molecule has 122 valence electrons. The van der Waals surface area contributed by atoms with Crippen molar-refractivity contribution in [3.63, 3.8) is 0 Å². The first-order chi connectivity index (χ1) is 10.3.